The van der Waals surface area contributed by atoms with Crippen LogP contribution in [0.5, 0.6) is 0 Å². The smallest absolute Gasteiger partial charge is 0.224 e. The van der Waals surface area contributed by atoms with E-state index in [2.05, 4.69) is 5.32 Å². The molecule has 6 heteroatoms. The lowest BCUT2D eigenvalue weighted by Crippen LogP contribution is -2.14. The molecule has 0 unspecified atom stereocenters. The van der Waals surface area contributed by atoms with Crippen molar-refractivity contribution in [3.63, 3.8) is 0 Å². The summed E-state index contributed by atoms with van der Waals surface area (Å²) in [7, 11) is 0. The molecule has 0 bridgehead atoms. The van der Waals surface area contributed by atoms with Crippen LogP contribution in [0.2, 0.25) is 0 Å². The van der Waals surface area contributed by atoms with Gasteiger partial charge in [0.1, 0.15) is 11.5 Å². The van der Waals surface area contributed by atoms with Crippen molar-refractivity contribution in [2.24, 2.45) is 5.73 Å². The van der Waals surface area contributed by atoms with Gasteiger partial charge in [0.25, 0.3) is 0 Å². The van der Waals surface area contributed by atoms with Gasteiger partial charge < -0.3 is 11.1 Å². The Morgan fingerprint density at radius 3 is 2.29 bits per heavy atom. The first-order valence-electron chi connectivity index (χ1n) is 5.19. The maximum absolute atomic E-state index is 13.1. The molecule has 0 aromatic heterocycles. The third kappa shape index (κ3) is 4.07. The quantitative estimate of drug-likeness (QED) is 0.782. The summed E-state index contributed by atoms with van der Waals surface area (Å²) in [6.45, 7) is 0.451. The maximum atomic E-state index is 13.1. The van der Waals surface area contributed by atoms with E-state index in [0.717, 1.165) is 0 Å². The Hall–Kier alpha value is -1.56. The van der Waals surface area contributed by atoms with Gasteiger partial charge in [-0.15, -0.1) is 0 Å². The summed E-state index contributed by atoms with van der Waals surface area (Å²) < 4.78 is 38.9. The monoisotopic (exact) mass is 246 g/mol. The third-order valence-electron chi connectivity index (χ3n) is 2.13. The predicted octanol–water partition coefficient (Wildman–Crippen LogP) is 2.17. The van der Waals surface area contributed by atoms with Gasteiger partial charge in [0.05, 0.1) is 0 Å². The molecule has 17 heavy (non-hydrogen) atoms. The minimum Gasteiger partial charge on any atom is -0.330 e. The Labute approximate surface area is 96.8 Å². The molecule has 1 aromatic rings. The summed E-state index contributed by atoms with van der Waals surface area (Å²) in [5.41, 5.74) is 4.62. The fraction of sp³-hybridized carbons (Fsp3) is 0.364. The highest BCUT2D eigenvalue weighted by Gasteiger charge is 2.13. The van der Waals surface area contributed by atoms with Crippen LogP contribution in [-0.4, -0.2) is 12.5 Å². The molecule has 0 aliphatic heterocycles. The Morgan fingerprint density at radius 2 is 1.76 bits per heavy atom. The Balaban J connectivity index is 2.65. The normalized spacial score (nSPS) is 10.4. The van der Waals surface area contributed by atoms with E-state index in [1.54, 1.807) is 0 Å². The second-order valence-electron chi connectivity index (χ2n) is 3.54. The first-order chi connectivity index (χ1) is 8.04. The van der Waals surface area contributed by atoms with Crippen LogP contribution in [0, 0.1) is 17.5 Å². The van der Waals surface area contributed by atoms with Crippen LogP contribution < -0.4 is 11.1 Å². The van der Waals surface area contributed by atoms with Gasteiger partial charge >= 0.3 is 0 Å². The lowest BCUT2D eigenvalue weighted by molar-refractivity contribution is -0.116. The van der Waals surface area contributed by atoms with E-state index in [9.17, 15) is 18.0 Å². The number of carbonyl (C=O) groups is 1. The molecule has 0 aliphatic carbocycles. The van der Waals surface area contributed by atoms with Crippen molar-refractivity contribution in [1.29, 1.82) is 0 Å². The zero-order valence-corrected chi connectivity index (χ0v) is 9.10. The topological polar surface area (TPSA) is 55.1 Å². The summed E-state index contributed by atoms with van der Waals surface area (Å²) in [4.78, 5) is 11.3. The van der Waals surface area contributed by atoms with Crippen molar-refractivity contribution >= 4 is 11.6 Å². The number of anilines is 1. The summed E-state index contributed by atoms with van der Waals surface area (Å²) in [5, 5.41) is 2.07. The van der Waals surface area contributed by atoms with Gasteiger partial charge in [-0.3, -0.25) is 4.79 Å². The zero-order valence-electron chi connectivity index (χ0n) is 9.10. The molecule has 0 saturated carbocycles. The van der Waals surface area contributed by atoms with E-state index in [1.165, 1.54) is 0 Å². The molecule has 0 saturated heterocycles. The van der Waals surface area contributed by atoms with E-state index in [1.807, 2.05) is 0 Å². The van der Waals surface area contributed by atoms with Crippen LogP contribution in [0.25, 0.3) is 0 Å². The largest absolute Gasteiger partial charge is 0.330 e. The molecule has 3 nitrogen and oxygen atoms in total. The van der Waals surface area contributed by atoms with Crippen molar-refractivity contribution in [2.45, 2.75) is 19.3 Å². The van der Waals surface area contributed by atoms with Crippen LogP contribution in [0.15, 0.2) is 12.1 Å². The van der Waals surface area contributed by atoms with Crippen LogP contribution in [-0.2, 0) is 4.79 Å². The lowest BCUT2D eigenvalue weighted by atomic mass is 10.2. The van der Waals surface area contributed by atoms with Gasteiger partial charge in [-0.1, -0.05) is 0 Å². The highest BCUT2D eigenvalue weighted by Crippen LogP contribution is 2.20. The van der Waals surface area contributed by atoms with Gasteiger partial charge in [-0.2, -0.15) is 0 Å². The van der Waals surface area contributed by atoms with Crippen molar-refractivity contribution in [1.82, 2.24) is 0 Å². The Kier molecular flexibility index (Phi) is 4.96. The molecule has 0 heterocycles. The molecule has 0 fully saturated rings. The summed E-state index contributed by atoms with van der Waals surface area (Å²) in [6, 6.07) is 1.02. The highest BCUT2D eigenvalue weighted by atomic mass is 19.1. The van der Waals surface area contributed by atoms with Crippen LogP contribution in [0.1, 0.15) is 19.3 Å². The number of hydrogen-bond donors (Lipinski definition) is 2. The molecule has 0 atom stereocenters. The number of rotatable bonds is 5. The van der Waals surface area contributed by atoms with Crippen LogP contribution in [0.4, 0.5) is 18.9 Å². The minimum absolute atomic E-state index is 0.119. The summed E-state index contributed by atoms with van der Waals surface area (Å²) >= 11 is 0. The average Bonchev–Trinajstić information content (AvgIpc) is 2.24. The molecule has 0 aliphatic rings. The Bertz CT molecular complexity index is 387. The maximum Gasteiger partial charge on any atom is 0.224 e. The van der Waals surface area contributed by atoms with Gasteiger partial charge in [0.15, 0.2) is 11.6 Å². The van der Waals surface area contributed by atoms with E-state index in [4.69, 9.17) is 5.73 Å². The Morgan fingerprint density at radius 1 is 1.18 bits per heavy atom. The van der Waals surface area contributed by atoms with Crippen molar-refractivity contribution in [3.05, 3.63) is 29.6 Å². The molecule has 1 aromatic carbocycles. The number of nitrogens with two attached hydrogens (primary N) is 1. The number of benzene rings is 1. The van der Waals surface area contributed by atoms with Crippen LogP contribution in [0.3, 0.4) is 0 Å². The van der Waals surface area contributed by atoms with E-state index in [0.29, 0.717) is 31.5 Å². The number of unbranched alkanes of at least 4 members (excludes halogenated alkanes) is 1. The molecule has 0 spiro atoms. The second-order valence-corrected chi connectivity index (χ2v) is 3.54. The third-order valence-corrected chi connectivity index (χ3v) is 2.13. The number of nitrogens with one attached hydrogen (secondary N) is 1. The second kappa shape index (κ2) is 6.24. The van der Waals surface area contributed by atoms with Crippen molar-refractivity contribution in [2.75, 3.05) is 11.9 Å². The summed E-state index contributed by atoms with van der Waals surface area (Å²) in [6.07, 6.45) is 1.31. The average molecular weight is 246 g/mol. The first kappa shape index (κ1) is 13.5. The van der Waals surface area contributed by atoms with Crippen molar-refractivity contribution in [3.8, 4) is 0 Å². The molecule has 3 N–H and O–H groups in total. The zero-order chi connectivity index (χ0) is 12.8. The number of carbonyl (C=O) groups excluding carboxylic acids is 1. The number of hydrogen-bond acceptors (Lipinski definition) is 2. The van der Waals surface area contributed by atoms with Gasteiger partial charge in [0.2, 0.25) is 5.91 Å². The van der Waals surface area contributed by atoms with Gasteiger partial charge in [0, 0.05) is 18.6 Å². The van der Waals surface area contributed by atoms with Crippen LogP contribution >= 0.6 is 0 Å². The predicted molar refractivity (Wildman–Crippen MR) is 57.9 cm³/mol. The SMILES string of the molecule is NCCCCC(=O)Nc1c(F)cc(F)cc1F. The molecular weight excluding hydrogens is 233 g/mol. The number of amides is 1. The highest BCUT2D eigenvalue weighted by molar-refractivity contribution is 5.90. The van der Waals surface area contributed by atoms with E-state index < -0.39 is 29.0 Å². The molecule has 1 amide bonds. The first-order valence-corrected chi connectivity index (χ1v) is 5.19. The fourth-order valence-electron chi connectivity index (χ4n) is 1.29. The van der Waals surface area contributed by atoms with Crippen molar-refractivity contribution < 1.29 is 18.0 Å². The van der Waals surface area contributed by atoms with E-state index in [-0.39, 0.29) is 6.42 Å². The molecule has 1 rings (SSSR count). The van der Waals surface area contributed by atoms with Gasteiger partial charge in [-0.25, -0.2) is 13.2 Å². The van der Waals surface area contributed by atoms with Gasteiger partial charge in [-0.05, 0) is 19.4 Å². The lowest BCUT2D eigenvalue weighted by Gasteiger charge is -2.07. The fourth-order valence-corrected chi connectivity index (χ4v) is 1.29. The van der Waals surface area contributed by atoms with E-state index >= 15 is 0 Å². The number of halogens is 3. The molecule has 0 radical (unpaired) electrons. The minimum atomic E-state index is -1.13. The standard InChI is InChI=1S/C11H13F3N2O/c12-7-5-8(13)11(9(14)6-7)16-10(17)3-1-2-4-15/h5-6H,1-4,15H2,(H,16,17). The molecule has 94 valence electrons. The molecular formula is C11H13F3N2O. The summed E-state index contributed by atoms with van der Waals surface area (Å²) in [5.74, 6) is -3.81.